The van der Waals surface area contributed by atoms with Crippen LogP contribution in [0.1, 0.15) is 63.3 Å². The summed E-state index contributed by atoms with van der Waals surface area (Å²) in [5, 5.41) is 8.23. The Labute approximate surface area is 163 Å². The van der Waals surface area contributed by atoms with Gasteiger partial charge in [0.05, 0.1) is 12.7 Å². The average molecular weight is 371 g/mol. The van der Waals surface area contributed by atoms with Crippen LogP contribution in [0.25, 0.3) is 6.20 Å². The second-order valence-corrected chi connectivity index (χ2v) is 9.25. The zero-order chi connectivity index (χ0) is 19.8. The summed E-state index contributed by atoms with van der Waals surface area (Å²) < 4.78 is 7.76. The number of piperidine rings is 1. The van der Waals surface area contributed by atoms with Gasteiger partial charge in [-0.3, -0.25) is 4.90 Å². The molecule has 0 spiro atoms. The monoisotopic (exact) mass is 370 g/mol. The molecule has 5 nitrogen and oxygen atoms in total. The van der Waals surface area contributed by atoms with Crippen molar-refractivity contribution in [1.82, 2.24) is 20.0 Å². The van der Waals surface area contributed by atoms with Crippen molar-refractivity contribution in [2.45, 2.75) is 84.6 Å². The number of aryl methyl sites for hydroxylation is 1. The van der Waals surface area contributed by atoms with Crippen molar-refractivity contribution in [2.75, 3.05) is 0 Å². The molecule has 2 aromatic rings. The Kier molecular flexibility index (Phi) is 5.37. The van der Waals surface area contributed by atoms with Gasteiger partial charge in [-0.05, 0) is 66.5 Å². The van der Waals surface area contributed by atoms with E-state index in [1.165, 1.54) is 5.56 Å². The van der Waals surface area contributed by atoms with Gasteiger partial charge in [0.15, 0.2) is 0 Å². The number of aromatic nitrogens is 2. The topological polar surface area (TPSA) is 46.2 Å². The zero-order valence-corrected chi connectivity index (χ0v) is 17.7. The third-order valence-electron chi connectivity index (χ3n) is 5.53. The van der Waals surface area contributed by atoms with Gasteiger partial charge >= 0.3 is 0 Å². The molecular formula is C22H34N4O. The van der Waals surface area contributed by atoms with Crippen LogP contribution in [0.5, 0.6) is 0 Å². The maximum absolute atomic E-state index is 5.91. The molecule has 5 heteroatoms. The van der Waals surface area contributed by atoms with E-state index in [0.717, 1.165) is 43.1 Å². The normalized spacial score (nSPS) is 19.5. The molecule has 1 fully saturated rings. The molecule has 0 amide bonds. The highest BCUT2D eigenvalue weighted by Crippen LogP contribution is 2.33. The molecule has 1 N–H and O–H groups in total. The van der Waals surface area contributed by atoms with Gasteiger partial charge in [0.2, 0.25) is 0 Å². The first-order valence-electron chi connectivity index (χ1n) is 9.83. The van der Waals surface area contributed by atoms with E-state index in [4.69, 9.17) is 4.42 Å². The number of furan rings is 1. The summed E-state index contributed by atoms with van der Waals surface area (Å²) in [6.07, 6.45) is 5.93. The molecule has 0 saturated carbocycles. The Morgan fingerprint density at radius 1 is 1.22 bits per heavy atom. The highest BCUT2D eigenvalue weighted by molar-refractivity contribution is 5.26. The average Bonchev–Trinajstić information content (AvgIpc) is 3.10. The van der Waals surface area contributed by atoms with E-state index in [1.54, 1.807) is 6.20 Å². The van der Waals surface area contributed by atoms with Crippen LogP contribution in [0.3, 0.4) is 0 Å². The maximum Gasteiger partial charge on any atom is 0.118 e. The first-order chi connectivity index (χ1) is 12.6. The van der Waals surface area contributed by atoms with E-state index in [1.807, 2.05) is 23.9 Å². The van der Waals surface area contributed by atoms with Crippen molar-refractivity contribution in [3.05, 3.63) is 47.7 Å². The van der Waals surface area contributed by atoms with Crippen LogP contribution in [0, 0.1) is 13.8 Å². The standard InChI is InChI=1S/C22H34N4O/c1-8-26-17(3)18(13-23-26)14-25(15-20-10-9-16(2)27-20)19-11-21(4,5)24-22(6,7)12-19/h8-10,13,19,24H,1,11-12,14-15H2,2-7H3. The summed E-state index contributed by atoms with van der Waals surface area (Å²) in [7, 11) is 0. The van der Waals surface area contributed by atoms with E-state index in [0.29, 0.717) is 6.04 Å². The molecule has 2 aromatic heterocycles. The lowest BCUT2D eigenvalue weighted by atomic mass is 9.79. The second kappa shape index (κ2) is 7.28. The third kappa shape index (κ3) is 4.71. The molecule has 0 aromatic carbocycles. The SMILES string of the molecule is C=Cn1ncc(CN(Cc2ccc(C)o2)C2CC(C)(C)NC(C)(C)C2)c1C. The van der Waals surface area contributed by atoms with Gasteiger partial charge in [0.1, 0.15) is 11.5 Å². The first kappa shape index (κ1) is 19.9. The Bertz CT molecular complexity index is 783. The minimum absolute atomic E-state index is 0.101. The Balaban J connectivity index is 1.88. The molecule has 3 rings (SSSR count). The van der Waals surface area contributed by atoms with E-state index in [9.17, 15) is 0 Å². The van der Waals surface area contributed by atoms with Crippen LogP contribution in [0.15, 0.2) is 29.3 Å². The molecule has 1 aliphatic rings. The van der Waals surface area contributed by atoms with Crippen molar-refractivity contribution in [3.8, 4) is 0 Å². The lowest BCUT2D eigenvalue weighted by Crippen LogP contribution is -2.62. The molecule has 148 valence electrons. The minimum atomic E-state index is 0.101. The van der Waals surface area contributed by atoms with Crippen LogP contribution >= 0.6 is 0 Å². The van der Waals surface area contributed by atoms with Crippen LogP contribution in [-0.2, 0) is 13.1 Å². The smallest absolute Gasteiger partial charge is 0.118 e. The van der Waals surface area contributed by atoms with Crippen LogP contribution in [-0.4, -0.2) is 31.8 Å². The number of rotatable bonds is 6. The first-order valence-corrected chi connectivity index (χ1v) is 9.83. The summed E-state index contributed by atoms with van der Waals surface area (Å²) in [4.78, 5) is 2.56. The van der Waals surface area contributed by atoms with Crippen molar-refractivity contribution < 1.29 is 4.42 Å². The lowest BCUT2D eigenvalue weighted by molar-refractivity contribution is 0.0520. The fourth-order valence-electron chi connectivity index (χ4n) is 4.63. The van der Waals surface area contributed by atoms with E-state index >= 15 is 0 Å². The molecule has 0 aliphatic carbocycles. The van der Waals surface area contributed by atoms with Gasteiger partial charge in [0, 0.05) is 41.1 Å². The van der Waals surface area contributed by atoms with Crippen LogP contribution in [0.4, 0.5) is 0 Å². The molecule has 3 heterocycles. The summed E-state index contributed by atoms with van der Waals surface area (Å²) >= 11 is 0. The molecule has 0 unspecified atom stereocenters. The Morgan fingerprint density at radius 3 is 2.41 bits per heavy atom. The second-order valence-electron chi connectivity index (χ2n) is 9.25. The molecule has 0 bridgehead atoms. The van der Waals surface area contributed by atoms with Gasteiger partial charge in [-0.15, -0.1) is 0 Å². The van der Waals surface area contributed by atoms with Crippen molar-refractivity contribution in [1.29, 1.82) is 0 Å². The zero-order valence-electron chi connectivity index (χ0n) is 17.7. The predicted octanol–water partition coefficient (Wildman–Crippen LogP) is 4.50. The van der Waals surface area contributed by atoms with Gasteiger partial charge in [0.25, 0.3) is 0 Å². The quantitative estimate of drug-likeness (QED) is 0.813. The number of nitrogens with zero attached hydrogens (tertiary/aromatic N) is 3. The highest BCUT2D eigenvalue weighted by atomic mass is 16.3. The van der Waals surface area contributed by atoms with Crippen molar-refractivity contribution in [3.63, 3.8) is 0 Å². The highest BCUT2D eigenvalue weighted by Gasteiger charge is 2.40. The molecule has 1 saturated heterocycles. The van der Waals surface area contributed by atoms with E-state index < -0.39 is 0 Å². The number of hydrogen-bond acceptors (Lipinski definition) is 4. The van der Waals surface area contributed by atoms with E-state index in [2.05, 4.69) is 62.6 Å². The Hall–Kier alpha value is -1.85. The number of nitrogens with one attached hydrogen (secondary N) is 1. The summed E-state index contributed by atoms with van der Waals surface area (Å²) in [6.45, 7) is 18.8. The van der Waals surface area contributed by atoms with Gasteiger partial charge in [-0.1, -0.05) is 6.58 Å². The molecule has 0 atom stereocenters. The fraction of sp³-hybridized carbons (Fsp3) is 0.591. The van der Waals surface area contributed by atoms with Crippen molar-refractivity contribution in [2.24, 2.45) is 0 Å². The molecule has 0 radical (unpaired) electrons. The van der Waals surface area contributed by atoms with Gasteiger partial charge < -0.3 is 9.73 Å². The minimum Gasteiger partial charge on any atom is -0.465 e. The Morgan fingerprint density at radius 2 is 1.89 bits per heavy atom. The van der Waals surface area contributed by atoms with Gasteiger partial charge in [-0.2, -0.15) is 5.10 Å². The summed E-state index contributed by atoms with van der Waals surface area (Å²) in [5.74, 6) is 1.99. The lowest BCUT2D eigenvalue weighted by Gasteiger charge is -2.49. The molecular weight excluding hydrogens is 336 g/mol. The summed E-state index contributed by atoms with van der Waals surface area (Å²) in [6, 6.07) is 4.61. The van der Waals surface area contributed by atoms with Crippen LogP contribution in [0.2, 0.25) is 0 Å². The summed E-state index contributed by atoms with van der Waals surface area (Å²) in [5.41, 5.74) is 2.60. The molecule has 27 heavy (non-hydrogen) atoms. The van der Waals surface area contributed by atoms with Gasteiger partial charge in [-0.25, -0.2) is 4.68 Å². The van der Waals surface area contributed by atoms with Crippen molar-refractivity contribution >= 4 is 6.20 Å². The fourth-order valence-corrected chi connectivity index (χ4v) is 4.63. The predicted molar refractivity (Wildman–Crippen MR) is 110 cm³/mol. The largest absolute Gasteiger partial charge is 0.465 e. The van der Waals surface area contributed by atoms with E-state index in [-0.39, 0.29) is 11.1 Å². The number of hydrogen-bond donors (Lipinski definition) is 1. The van der Waals surface area contributed by atoms with Crippen LogP contribution < -0.4 is 5.32 Å². The maximum atomic E-state index is 5.91. The molecule has 1 aliphatic heterocycles. The third-order valence-corrected chi connectivity index (χ3v) is 5.53.